The third-order valence-corrected chi connectivity index (χ3v) is 5.79. The summed E-state index contributed by atoms with van der Waals surface area (Å²) in [4.78, 5) is 11.2. The van der Waals surface area contributed by atoms with Gasteiger partial charge in [-0.05, 0) is 19.3 Å². The fourth-order valence-electron chi connectivity index (χ4n) is 1.50. The average molecular weight is 276 g/mol. The van der Waals surface area contributed by atoms with Crippen LogP contribution in [-0.4, -0.2) is 42.7 Å². The number of ether oxygens (including phenoxy) is 1. The molecule has 0 heterocycles. The average Bonchev–Trinajstić information content (AvgIpc) is 2.35. The molecule has 0 aliphatic rings. The zero-order chi connectivity index (χ0) is 14.2. The predicted octanol–water partition coefficient (Wildman–Crippen LogP) is 2.01. The molecule has 0 aromatic rings. The van der Waals surface area contributed by atoms with Crippen LogP contribution < -0.4 is 0 Å². The van der Waals surface area contributed by atoms with E-state index in [1.54, 1.807) is 28.3 Å². The van der Waals surface area contributed by atoms with E-state index in [2.05, 4.69) is 6.58 Å². The van der Waals surface area contributed by atoms with Crippen molar-refractivity contribution >= 4 is 14.8 Å². The van der Waals surface area contributed by atoms with E-state index in [0.717, 1.165) is 6.42 Å². The van der Waals surface area contributed by atoms with Gasteiger partial charge >= 0.3 is 14.8 Å². The largest absolute Gasteiger partial charge is 0.500 e. The normalized spacial score (nSPS) is 13.2. The minimum atomic E-state index is -2.54. The van der Waals surface area contributed by atoms with E-state index >= 15 is 0 Å². The van der Waals surface area contributed by atoms with Crippen LogP contribution in [0.3, 0.4) is 0 Å². The van der Waals surface area contributed by atoms with Gasteiger partial charge in [-0.1, -0.05) is 13.5 Å². The summed E-state index contributed by atoms with van der Waals surface area (Å²) < 4.78 is 21.1. The summed E-state index contributed by atoms with van der Waals surface area (Å²) in [5.74, 6) is -0.0645. The zero-order valence-electron chi connectivity index (χ0n) is 11.9. The summed E-state index contributed by atoms with van der Waals surface area (Å²) >= 11 is 0. The monoisotopic (exact) mass is 276 g/mol. The molecule has 0 bridgehead atoms. The summed E-state index contributed by atoms with van der Waals surface area (Å²) in [6.07, 6.45) is 0.740. The van der Waals surface area contributed by atoms with E-state index in [0.29, 0.717) is 18.2 Å². The van der Waals surface area contributed by atoms with Gasteiger partial charge < -0.3 is 18.0 Å². The van der Waals surface area contributed by atoms with Gasteiger partial charge in [0.1, 0.15) is 0 Å². The third kappa shape index (κ3) is 5.77. The topological polar surface area (TPSA) is 54.0 Å². The number of hydrogen-bond acceptors (Lipinski definition) is 5. The number of carbonyl (C=O) groups is 1. The summed E-state index contributed by atoms with van der Waals surface area (Å²) in [6.45, 7) is 7.57. The fraction of sp³-hybridized carbons (Fsp3) is 0.750. The van der Waals surface area contributed by atoms with E-state index in [4.69, 9.17) is 18.0 Å². The molecule has 1 unspecified atom stereocenters. The molecule has 0 N–H and O–H groups in total. The molecule has 18 heavy (non-hydrogen) atoms. The maximum atomic E-state index is 11.2. The molecule has 106 valence electrons. The number of esters is 1. The Morgan fingerprint density at radius 1 is 1.22 bits per heavy atom. The highest BCUT2D eigenvalue weighted by molar-refractivity contribution is 6.60. The van der Waals surface area contributed by atoms with Crippen LogP contribution in [0.25, 0.3) is 0 Å². The minimum Gasteiger partial charge on any atom is -0.462 e. The van der Waals surface area contributed by atoms with Gasteiger partial charge in [-0.3, -0.25) is 0 Å². The molecule has 0 aliphatic carbocycles. The van der Waals surface area contributed by atoms with E-state index < -0.39 is 8.80 Å². The van der Waals surface area contributed by atoms with Crippen LogP contribution in [0.4, 0.5) is 0 Å². The van der Waals surface area contributed by atoms with Crippen LogP contribution in [0, 0.1) is 5.92 Å². The van der Waals surface area contributed by atoms with Crippen LogP contribution >= 0.6 is 0 Å². The van der Waals surface area contributed by atoms with Crippen LogP contribution in [-0.2, 0) is 22.8 Å². The highest BCUT2D eigenvalue weighted by atomic mass is 28.4. The molecular weight excluding hydrogens is 252 g/mol. The summed E-state index contributed by atoms with van der Waals surface area (Å²) in [5, 5.41) is 0. The van der Waals surface area contributed by atoms with Gasteiger partial charge in [0.15, 0.2) is 0 Å². The first-order valence-electron chi connectivity index (χ1n) is 5.88. The lowest BCUT2D eigenvalue weighted by Crippen LogP contribution is -2.44. The maximum absolute atomic E-state index is 11.2. The summed E-state index contributed by atoms with van der Waals surface area (Å²) in [7, 11) is 2.23. The van der Waals surface area contributed by atoms with Crippen molar-refractivity contribution in [2.75, 3.05) is 27.9 Å². The molecule has 0 rings (SSSR count). The van der Waals surface area contributed by atoms with Crippen molar-refractivity contribution in [2.45, 2.75) is 26.3 Å². The lowest BCUT2D eigenvalue weighted by atomic mass is 10.1. The Labute approximate surface area is 110 Å². The van der Waals surface area contributed by atoms with Gasteiger partial charge in [0.2, 0.25) is 0 Å². The second-order valence-electron chi connectivity index (χ2n) is 4.31. The van der Waals surface area contributed by atoms with Crippen molar-refractivity contribution in [1.82, 2.24) is 0 Å². The maximum Gasteiger partial charge on any atom is 0.500 e. The standard InChI is InChI=1S/C12H24O5Si/c1-10(2)12(13)17-8-7-11(3)9-18(14-4,15-5)16-6/h11H,1,7-9H2,2-6H3. The van der Waals surface area contributed by atoms with E-state index in [-0.39, 0.29) is 11.9 Å². The predicted molar refractivity (Wildman–Crippen MR) is 71.1 cm³/mol. The van der Waals surface area contributed by atoms with Gasteiger partial charge in [-0.25, -0.2) is 4.79 Å². The van der Waals surface area contributed by atoms with Crippen molar-refractivity contribution in [2.24, 2.45) is 5.92 Å². The third-order valence-electron chi connectivity index (χ3n) is 2.72. The molecule has 0 aromatic heterocycles. The number of hydrogen-bond donors (Lipinski definition) is 0. The Bertz CT molecular complexity index is 267. The van der Waals surface area contributed by atoms with Gasteiger partial charge in [-0.15, -0.1) is 0 Å². The molecule has 0 radical (unpaired) electrons. The molecule has 1 atom stereocenters. The second-order valence-corrected chi connectivity index (χ2v) is 7.31. The molecule has 5 nitrogen and oxygen atoms in total. The van der Waals surface area contributed by atoms with Gasteiger partial charge in [-0.2, -0.15) is 0 Å². The molecule has 0 saturated heterocycles. The van der Waals surface area contributed by atoms with Crippen LogP contribution in [0.15, 0.2) is 12.2 Å². The smallest absolute Gasteiger partial charge is 0.462 e. The first-order valence-corrected chi connectivity index (χ1v) is 7.82. The number of rotatable bonds is 9. The molecule has 0 fully saturated rings. The van der Waals surface area contributed by atoms with Crippen LogP contribution in [0.2, 0.25) is 6.04 Å². The van der Waals surface area contributed by atoms with Crippen molar-refractivity contribution < 1.29 is 22.8 Å². The van der Waals surface area contributed by atoms with Gasteiger partial charge in [0.25, 0.3) is 0 Å². The Kier molecular flexibility index (Phi) is 8.09. The first kappa shape index (κ1) is 17.3. The Balaban J connectivity index is 4.07. The van der Waals surface area contributed by atoms with E-state index in [9.17, 15) is 4.79 Å². The van der Waals surface area contributed by atoms with Crippen LogP contribution in [0.5, 0.6) is 0 Å². The molecule has 0 spiro atoms. The van der Waals surface area contributed by atoms with Crippen molar-refractivity contribution in [3.05, 3.63) is 12.2 Å². The highest BCUT2D eigenvalue weighted by Gasteiger charge is 2.39. The van der Waals surface area contributed by atoms with E-state index in [1.807, 2.05) is 6.92 Å². The summed E-state index contributed by atoms with van der Waals surface area (Å²) in [5.41, 5.74) is 0.414. The Morgan fingerprint density at radius 2 is 1.72 bits per heavy atom. The first-order chi connectivity index (χ1) is 8.40. The number of carbonyl (C=O) groups excluding carboxylic acids is 1. The minimum absolute atomic E-state index is 0.287. The van der Waals surface area contributed by atoms with Gasteiger partial charge in [0, 0.05) is 32.9 Å². The SMILES string of the molecule is C=C(C)C(=O)OCCC(C)C[Si](OC)(OC)OC. The molecule has 6 heteroatoms. The fourth-order valence-corrected chi connectivity index (χ4v) is 3.56. The molecule has 0 amide bonds. The molecule has 0 aromatic carbocycles. The summed E-state index contributed by atoms with van der Waals surface area (Å²) in [6, 6.07) is 0.696. The van der Waals surface area contributed by atoms with Crippen molar-refractivity contribution in [3.63, 3.8) is 0 Å². The molecular formula is C12H24O5Si. The zero-order valence-corrected chi connectivity index (χ0v) is 12.9. The Hall–Kier alpha value is -0.693. The molecule has 0 saturated carbocycles. The lowest BCUT2D eigenvalue weighted by Gasteiger charge is -2.27. The Morgan fingerprint density at radius 3 is 2.11 bits per heavy atom. The lowest BCUT2D eigenvalue weighted by molar-refractivity contribution is -0.139. The van der Waals surface area contributed by atoms with E-state index in [1.165, 1.54) is 0 Å². The highest BCUT2D eigenvalue weighted by Crippen LogP contribution is 2.21. The van der Waals surface area contributed by atoms with Crippen molar-refractivity contribution in [1.29, 1.82) is 0 Å². The van der Waals surface area contributed by atoms with Gasteiger partial charge in [0.05, 0.1) is 6.61 Å². The quantitative estimate of drug-likeness (QED) is 0.366. The second kappa shape index (κ2) is 8.42. The van der Waals surface area contributed by atoms with Crippen molar-refractivity contribution in [3.8, 4) is 0 Å². The van der Waals surface area contributed by atoms with Crippen LogP contribution in [0.1, 0.15) is 20.3 Å². The molecule has 0 aliphatic heterocycles.